The molecule has 2 aliphatic rings. The summed E-state index contributed by atoms with van der Waals surface area (Å²) in [5.41, 5.74) is 0.821. The molecule has 3 heterocycles. The van der Waals surface area contributed by atoms with E-state index in [-0.39, 0.29) is 0 Å². The van der Waals surface area contributed by atoms with Crippen molar-refractivity contribution in [3.63, 3.8) is 0 Å². The van der Waals surface area contributed by atoms with E-state index >= 15 is 0 Å². The van der Waals surface area contributed by atoms with Gasteiger partial charge in [-0.15, -0.1) is 10.2 Å². The Labute approximate surface area is 122 Å². The minimum Gasteiger partial charge on any atom is -0.490 e. The fraction of sp³-hybridized carbons (Fsp3) is 0.467. The summed E-state index contributed by atoms with van der Waals surface area (Å²) in [5, 5.41) is 18.1. The summed E-state index contributed by atoms with van der Waals surface area (Å²) in [7, 11) is 0. The van der Waals surface area contributed by atoms with Crippen LogP contribution in [0.2, 0.25) is 0 Å². The first-order valence-electron chi connectivity index (χ1n) is 7.30. The number of rotatable bonds is 3. The Morgan fingerprint density at radius 2 is 2.29 bits per heavy atom. The van der Waals surface area contributed by atoms with Gasteiger partial charge in [-0.25, -0.2) is 0 Å². The molecule has 0 saturated heterocycles. The molecule has 0 bridgehead atoms. The van der Waals surface area contributed by atoms with Crippen molar-refractivity contribution >= 4 is 0 Å². The van der Waals surface area contributed by atoms with Crippen molar-refractivity contribution in [2.24, 2.45) is 0 Å². The van der Waals surface area contributed by atoms with E-state index in [1.165, 1.54) is 12.8 Å². The molecular formula is C15H17N3O3. The van der Waals surface area contributed by atoms with E-state index in [1.807, 2.05) is 18.2 Å². The van der Waals surface area contributed by atoms with Crippen LogP contribution >= 0.6 is 0 Å². The van der Waals surface area contributed by atoms with Gasteiger partial charge in [-0.05, 0) is 25.0 Å². The predicted molar refractivity (Wildman–Crippen MR) is 74.2 cm³/mol. The lowest BCUT2D eigenvalue weighted by Crippen LogP contribution is -2.14. The van der Waals surface area contributed by atoms with Crippen molar-refractivity contribution in [1.29, 1.82) is 0 Å². The SMILES string of the molecule is OC1COc2cc(OCc3nnc4n3CCCC4)ccc21. The number of nitrogens with zero attached hydrogens (tertiary/aromatic N) is 3. The van der Waals surface area contributed by atoms with Gasteiger partial charge in [0.25, 0.3) is 0 Å². The zero-order chi connectivity index (χ0) is 14.2. The number of ether oxygens (including phenoxy) is 2. The molecule has 1 aromatic carbocycles. The van der Waals surface area contributed by atoms with Gasteiger partial charge in [0.2, 0.25) is 0 Å². The molecule has 2 aromatic rings. The second kappa shape index (κ2) is 5.04. The van der Waals surface area contributed by atoms with Gasteiger partial charge in [-0.2, -0.15) is 0 Å². The van der Waals surface area contributed by atoms with E-state index in [2.05, 4.69) is 14.8 Å². The Balaban J connectivity index is 1.49. The standard InChI is InChI=1S/C15H17N3O3/c19-12-8-21-13-7-10(4-5-11(12)13)20-9-15-17-16-14-3-1-2-6-18(14)15/h4-5,7,12,19H,1-3,6,8-9H2. The second-order valence-corrected chi connectivity index (χ2v) is 5.46. The number of benzene rings is 1. The number of aliphatic hydroxyl groups is 1. The molecule has 1 atom stereocenters. The minimum atomic E-state index is -0.530. The van der Waals surface area contributed by atoms with E-state index < -0.39 is 6.10 Å². The summed E-state index contributed by atoms with van der Waals surface area (Å²) in [4.78, 5) is 0. The maximum atomic E-state index is 9.70. The highest BCUT2D eigenvalue weighted by molar-refractivity contribution is 5.44. The van der Waals surface area contributed by atoms with Crippen molar-refractivity contribution in [3.8, 4) is 11.5 Å². The molecule has 0 aliphatic carbocycles. The molecule has 21 heavy (non-hydrogen) atoms. The molecule has 0 saturated carbocycles. The molecule has 1 N–H and O–H groups in total. The van der Waals surface area contributed by atoms with Crippen LogP contribution in [-0.4, -0.2) is 26.5 Å². The Bertz CT molecular complexity index is 668. The maximum Gasteiger partial charge on any atom is 0.171 e. The van der Waals surface area contributed by atoms with Crippen molar-refractivity contribution < 1.29 is 14.6 Å². The van der Waals surface area contributed by atoms with Crippen molar-refractivity contribution in [1.82, 2.24) is 14.8 Å². The van der Waals surface area contributed by atoms with E-state index in [0.29, 0.717) is 19.0 Å². The summed E-state index contributed by atoms with van der Waals surface area (Å²) in [6, 6.07) is 5.52. The van der Waals surface area contributed by atoms with Crippen molar-refractivity contribution in [3.05, 3.63) is 35.4 Å². The van der Waals surface area contributed by atoms with Crippen LogP contribution in [0.4, 0.5) is 0 Å². The van der Waals surface area contributed by atoms with Crippen LogP contribution in [0.5, 0.6) is 11.5 Å². The molecule has 1 aromatic heterocycles. The number of hydrogen-bond donors (Lipinski definition) is 1. The average Bonchev–Trinajstić information content (AvgIpc) is 3.09. The molecule has 1 unspecified atom stereocenters. The van der Waals surface area contributed by atoms with Gasteiger partial charge in [-0.1, -0.05) is 0 Å². The van der Waals surface area contributed by atoms with Crippen LogP contribution < -0.4 is 9.47 Å². The third-order valence-corrected chi connectivity index (χ3v) is 4.04. The largest absolute Gasteiger partial charge is 0.490 e. The molecule has 110 valence electrons. The van der Waals surface area contributed by atoms with Gasteiger partial charge in [0.1, 0.15) is 36.6 Å². The molecule has 0 radical (unpaired) electrons. The number of aromatic nitrogens is 3. The fourth-order valence-electron chi connectivity index (χ4n) is 2.89. The van der Waals surface area contributed by atoms with Crippen LogP contribution in [0.15, 0.2) is 18.2 Å². The van der Waals surface area contributed by atoms with E-state index in [4.69, 9.17) is 9.47 Å². The number of aryl methyl sites for hydroxylation is 1. The molecule has 6 heteroatoms. The first kappa shape index (κ1) is 12.6. The minimum absolute atomic E-state index is 0.316. The monoisotopic (exact) mass is 287 g/mol. The van der Waals surface area contributed by atoms with Crippen LogP contribution in [-0.2, 0) is 19.6 Å². The molecular weight excluding hydrogens is 270 g/mol. The summed E-state index contributed by atoms with van der Waals surface area (Å²) in [6.07, 6.45) is 2.82. The smallest absolute Gasteiger partial charge is 0.171 e. The van der Waals surface area contributed by atoms with Gasteiger partial charge in [-0.3, -0.25) is 0 Å². The summed E-state index contributed by atoms with van der Waals surface area (Å²) in [5.74, 6) is 3.34. The molecule has 2 aliphatic heterocycles. The highest BCUT2D eigenvalue weighted by Crippen LogP contribution is 2.35. The maximum absolute atomic E-state index is 9.70. The van der Waals surface area contributed by atoms with Crippen LogP contribution in [0.25, 0.3) is 0 Å². The Morgan fingerprint density at radius 3 is 3.24 bits per heavy atom. The first-order valence-corrected chi connectivity index (χ1v) is 7.30. The molecule has 6 nitrogen and oxygen atoms in total. The summed E-state index contributed by atoms with van der Waals surface area (Å²) < 4.78 is 13.4. The van der Waals surface area contributed by atoms with Crippen LogP contribution in [0.3, 0.4) is 0 Å². The quantitative estimate of drug-likeness (QED) is 0.929. The van der Waals surface area contributed by atoms with Crippen LogP contribution in [0, 0.1) is 0 Å². The highest BCUT2D eigenvalue weighted by atomic mass is 16.5. The molecule has 0 fully saturated rings. The second-order valence-electron chi connectivity index (χ2n) is 5.46. The average molecular weight is 287 g/mol. The normalized spacial score (nSPS) is 19.8. The first-order chi connectivity index (χ1) is 10.3. The van der Waals surface area contributed by atoms with E-state index in [9.17, 15) is 5.11 Å². The third-order valence-electron chi connectivity index (χ3n) is 4.04. The number of aliphatic hydroxyl groups excluding tert-OH is 1. The Kier molecular flexibility index (Phi) is 3.03. The Morgan fingerprint density at radius 1 is 1.33 bits per heavy atom. The van der Waals surface area contributed by atoms with Gasteiger partial charge < -0.3 is 19.1 Å². The van der Waals surface area contributed by atoms with Gasteiger partial charge in [0, 0.05) is 24.6 Å². The van der Waals surface area contributed by atoms with Crippen molar-refractivity contribution in [2.45, 2.75) is 38.5 Å². The van der Waals surface area contributed by atoms with Crippen molar-refractivity contribution in [2.75, 3.05) is 6.61 Å². The highest BCUT2D eigenvalue weighted by Gasteiger charge is 2.22. The molecule has 0 spiro atoms. The number of hydrogen-bond acceptors (Lipinski definition) is 5. The summed E-state index contributed by atoms with van der Waals surface area (Å²) >= 11 is 0. The lowest BCUT2D eigenvalue weighted by molar-refractivity contribution is 0.140. The Hall–Kier alpha value is -2.08. The zero-order valence-corrected chi connectivity index (χ0v) is 11.7. The fourth-order valence-corrected chi connectivity index (χ4v) is 2.89. The van der Waals surface area contributed by atoms with Gasteiger partial charge in [0.15, 0.2) is 5.82 Å². The van der Waals surface area contributed by atoms with Crippen LogP contribution in [0.1, 0.15) is 36.2 Å². The predicted octanol–water partition coefficient (Wildman–Crippen LogP) is 1.62. The van der Waals surface area contributed by atoms with Gasteiger partial charge in [0.05, 0.1) is 0 Å². The number of fused-ring (bicyclic) bond motifs is 2. The topological polar surface area (TPSA) is 69.4 Å². The van der Waals surface area contributed by atoms with E-state index in [1.54, 1.807) is 0 Å². The third kappa shape index (κ3) is 2.25. The molecule has 0 amide bonds. The zero-order valence-electron chi connectivity index (χ0n) is 11.7. The molecule has 4 rings (SSSR count). The lowest BCUT2D eigenvalue weighted by atomic mass is 10.1. The van der Waals surface area contributed by atoms with Gasteiger partial charge >= 0.3 is 0 Å². The lowest BCUT2D eigenvalue weighted by Gasteiger charge is -2.15. The summed E-state index contributed by atoms with van der Waals surface area (Å²) in [6.45, 7) is 1.69. The van der Waals surface area contributed by atoms with E-state index in [0.717, 1.165) is 35.9 Å².